The molecule has 1 fully saturated rings. The molecule has 2 aromatic rings. The van der Waals surface area contributed by atoms with E-state index >= 15 is 0 Å². The normalized spacial score (nSPS) is 19.5. The molecule has 1 atom stereocenters. The Morgan fingerprint density at radius 1 is 1.32 bits per heavy atom. The van der Waals surface area contributed by atoms with Crippen molar-refractivity contribution in [3.8, 4) is 5.95 Å². The van der Waals surface area contributed by atoms with Gasteiger partial charge in [-0.2, -0.15) is 10.1 Å². The minimum atomic E-state index is -0.234. The number of carbonyl (C=O) groups is 2. The molecule has 1 N–H and O–H groups in total. The van der Waals surface area contributed by atoms with E-state index in [0.717, 1.165) is 18.7 Å². The van der Waals surface area contributed by atoms with Crippen molar-refractivity contribution in [3.63, 3.8) is 0 Å². The molecule has 9 nitrogen and oxygen atoms in total. The molecule has 1 aliphatic carbocycles. The van der Waals surface area contributed by atoms with Crippen LogP contribution < -0.4 is 10.2 Å². The highest BCUT2D eigenvalue weighted by atomic mass is 16.2. The van der Waals surface area contributed by atoms with Gasteiger partial charge in [0.2, 0.25) is 5.91 Å². The minimum Gasteiger partial charge on any atom is -0.343 e. The molecule has 0 aromatic carbocycles. The quantitative estimate of drug-likeness (QED) is 0.865. The van der Waals surface area contributed by atoms with Crippen LogP contribution in [0.15, 0.2) is 18.5 Å². The molecule has 9 heteroatoms. The molecule has 2 amide bonds. The molecule has 28 heavy (non-hydrogen) atoms. The summed E-state index contributed by atoms with van der Waals surface area (Å²) in [6.45, 7) is 2.02. The zero-order chi connectivity index (χ0) is 19.8. The molecule has 1 aliphatic heterocycles. The summed E-state index contributed by atoms with van der Waals surface area (Å²) in [6, 6.07) is 1.72. The third kappa shape index (κ3) is 3.10. The first-order valence-corrected chi connectivity index (χ1v) is 9.73. The van der Waals surface area contributed by atoms with Gasteiger partial charge in [-0.3, -0.25) is 9.59 Å². The van der Waals surface area contributed by atoms with E-state index in [1.165, 1.54) is 22.4 Å². The Hall–Kier alpha value is -2.97. The second-order valence-corrected chi connectivity index (χ2v) is 7.51. The number of hydrogen-bond donors (Lipinski definition) is 1. The van der Waals surface area contributed by atoms with Crippen molar-refractivity contribution in [1.29, 1.82) is 0 Å². The molecule has 0 bridgehead atoms. The number of nitrogens with one attached hydrogen (secondary N) is 1. The number of carbonyl (C=O) groups excluding carboxylic acids is 2. The van der Waals surface area contributed by atoms with Crippen LogP contribution in [0.1, 0.15) is 49.5 Å². The van der Waals surface area contributed by atoms with Crippen LogP contribution in [0.4, 0.5) is 11.5 Å². The van der Waals surface area contributed by atoms with E-state index in [1.807, 2.05) is 6.92 Å². The lowest BCUT2D eigenvalue weighted by molar-refractivity contribution is -0.117. The SMILES string of the molecule is CC[C@@H]1C(=O)Nc2cnc(-n3ccc(C(=O)N(C)C)n3)nc2N1C1CCCC1. The number of amides is 2. The molecule has 3 heterocycles. The standard InChI is InChI=1S/C19H25N7O2/c1-4-15-17(27)21-14-11-20-19(22-16(14)26(15)12-7-5-6-8-12)25-10-9-13(23-25)18(28)24(2)3/h9-12,15H,4-8H2,1-3H3,(H,21,27)/t15-/m1/s1. The van der Waals surface area contributed by atoms with Crippen LogP contribution in [0.5, 0.6) is 0 Å². The van der Waals surface area contributed by atoms with Crippen molar-refractivity contribution in [3.05, 3.63) is 24.2 Å². The lowest BCUT2D eigenvalue weighted by atomic mass is 10.0. The van der Waals surface area contributed by atoms with Gasteiger partial charge in [-0.1, -0.05) is 19.8 Å². The zero-order valence-electron chi connectivity index (χ0n) is 16.4. The Kier molecular flexibility index (Phi) is 4.74. The van der Waals surface area contributed by atoms with Gasteiger partial charge in [0.25, 0.3) is 11.9 Å². The van der Waals surface area contributed by atoms with Crippen LogP contribution in [-0.2, 0) is 4.79 Å². The average Bonchev–Trinajstić information content (AvgIpc) is 3.38. The van der Waals surface area contributed by atoms with E-state index < -0.39 is 0 Å². The molecule has 2 aliphatic rings. The fourth-order valence-electron chi connectivity index (χ4n) is 4.02. The minimum absolute atomic E-state index is 0.00351. The molecule has 2 aromatic heterocycles. The smallest absolute Gasteiger partial charge is 0.273 e. The monoisotopic (exact) mass is 383 g/mol. The van der Waals surface area contributed by atoms with Crippen LogP contribution in [-0.4, -0.2) is 62.6 Å². The highest BCUT2D eigenvalue weighted by Gasteiger charge is 2.38. The maximum Gasteiger partial charge on any atom is 0.273 e. The van der Waals surface area contributed by atoms with Gasteiger partial charge < -0.3 is 15.1 Å². The molecular formula is C19H25N7O2. The zero-order valence-corrected chi connectivity index (χ0v) is 16.4. The molecule has 0 unspecified atom stereocenters. The first kappa shape index (κ1) is 18.4. The number of rotatable bonds is 4. The second kappa shape index (κ2) is 7.21. The van der Waals surface area contributed by atoms with E-state index in [9.17, 15) is 9.59 Å². The van der Waals surface area contributed by atoms with Crippen molar-refractivity contribution in [2.24, 2.45) is 0 Å². The highest BCUT2D eigenvalue weighted by Crippen LogP contribution is 2.37. The van der Waals surface area contributed by atoms with Crippen LogP contribution in [0, 0.1) is 0 Å². The topological polar surface area (TPSA) is 96.2 Å². The van der Waals surface area contributed by atoms with Crippen LogP contribution in [0.3, 0.4) is 0 Å². The van der Waals surface area contributed by atoms with Gasteiger partial charge in [0.05, 0.1) is 6.20 Å². The average molecular weight is 383 g/mol. The van der Waals surface area contributed by atoms with Crippen LogP contribution in [0.25, 0.3) is 5.95 Å². The van der Waals surface area contributed by atoms with Crippen LogP contribution in [0.2, 0.25) is 0 Å². The summed E-state index contributed by atoms with van der Waals surface area (Å²) in [6.07, 6.45) is 8.47. The molecular weight excluding hydrogens is 358 g/mol. The van der Waals surface area contributed by atoms with Gasteiger partial charge in [-0.25, -0.2) is 9.67 Å². The summed E-state index contributed by atoms with van der Waals surface area (Å²) in [5, 5.41) is 7.26. The predicted octanol–water partition coefficient (Wildman–Crippen LogP) is 1.84. The largest absolute Gasteiger partial charge is 0.343 e. The summed E-state index contributed by atoms with van der Waals surface area (Å²) < 4.78 is 1.50. The van der Waals surface area contributed by atoms with E-state index in [0.29, 0.717) is 29.8 Å². The lowest BCUT2D eigenvalue weighted by Crippen LogP contribution is -2.52. The molecule has 0 spiro atoms. The van der Waals surface area contributed by atoms with E-state index in [2.05, 4.69) is 20.3 Å². The van der Waals surface area contributed by atoms with Crippen LogP contribution >= 0.6 is 0 Å². The molecule has 4 rings (SSSR count). The Labute approximate surface area is 163 Å². The highest BCUT2D eigenvalue weighted by molar-refractivity contribution is 6.02. The predicted molar refractivity (Wildman–Crippen MR) is 105 cm³/mol. The molecule has 1 saturated carbocycles. The van der Waals surface area contributed by atoms with Crippen molar-refractivity contribution < 1.29 is 9.59 Å². The van der Waals surface area contributed by atoms with Gasteiger partial charge >= 0.3 is 0 Å². The van der Waals surface area contributed by atoms with Crippen molar-refractivity contribution >= 4 is 23.3 Å². The first-order chi connectivity index (χ1) is 13.5. The third-order valence-electron chi connectivity index (χ3n) is 5.42. The fraction of sp³-hybridized carbons (Fsp3) is 0.526. The number of hydrogen-bond acceptors (Lipinski definition) is 6. The Morgan fingerprint density at radius 2 is 2.07 bits per heavy atom. The lowest BCUT2D eigenvalue weighted by Gasteiger charge is -2.40. The molecule has 0 saturated heterocycles. The maximum atomic E-state index is 12.6. The Morgan fingerprint density at radius 3 is 2.75 bits per heavy atom. The van der Waals surface area contributed by atoms with E-state index in [1.54, 1.807) is 32.6 Å². The van der Waals surface area contributed by atoms with E-state index in [4.69, 9.17) is 4.98 Å². The molecule has 0 radical (unpaired) electrons. The summed E-state index contributed by atoms with van der Waals surface area (Å²) in [5.41, 5.74) is 0.959. The van der Waals surface area contributed by atoms with Gasteiger partial charge in [-0.05, 0) is 25.3 Å². The van der Waals surface area contributed by atoms with Crippen molar-refractivity contribution in [2.75, 3.05) is 24.3 Å². The summed E-state index contributed by atoms with van der Waals surface area (Å²) in [5.74, 6) is 0.934. The van der Waals surface area contributed by atoms with Gasteiger partial charge in [-0.15, -0.1) is 0 Å². The Bertz CT molecular complexity index is 901. The van der Waals surface area contributed by atoms with E-state index in [-0.39, 0.29) is 17.9 Å². The molecule has 148 valence electrons. The summed E-state index contributed by atoms with van der Waals surface area (Å²) in [4.78, 5) is 37.4. The van der Waals surface area contributed by atoms with Crippen molar-refractivity contribution in [1.82, 2.24) is 24.6 Å². The van der Waals surface area contributed by atoms with Gasteiger partial charge in [0.15, 0.2) is 11.5 Å². The summed E-state index contributed by atoms with van der Waals surface area (Å²) in [7, 11) is 3.37. The fourth-order valence-corrected chi connectivity index (χ4v) is 4.02. The number of nitrogens with zero attached hydrogens (tertiary/aromatic N) is 6. The first-order valence-electron chi connectivity index (χ1n) is 9.73. The number of anilines is 2. The van der Waals surface area contributed by atoms with Gasteiger partial charge in [0.1, 0.15) is 11.7 Å². The van der Waals surface area contributed by atoms with Crippen molar-refractivity contribution in [2.45, 2.75) is 51.1 Å². The second-order valence-electron chi connectivity index (χ2n) is 7.51. The third-order valence-corrected chi connectivity index (χ3v) is 5.42. The Balaban J connectivity index is 1.73. The number of fused-ring (bicyclic) bond motifs is 1. The van der Waals surface area contributed by atoms with Gasteiger partial charge in [0, 0.05) is 26.3 Å². The maximum absolute atomic E-state index is 12.6. The summed E-state index contributed by atoms with van der Waals surface area (Å²) >= 11 is 0. The number of aromatic nitrogens is 4.